The molecular formula is C24H19ClN4O3S. The number of fused-ring (bicyclic) bond motifs is 1. The van der Waals surface area contributed by atoms with E-state index in [9.17, 15) is 14.4 Å². The lowest BCUT2D eigenvalue weighted by molar-refractivity contribution is -0.113. The summed E-state index contributed by atoms with van der Waals surface area (Å²) in [5.74, 6) is -0.815. The van der Waals surface area contributed by atoms with Gasteiger partial charge < -0.3 is 11.1 Å². The monoisotopic (exact) mass is 478 g/mol. The minimum absolute atomic E-state index is 0.0158. The highest BCUT2D eigenvalue weighted by atomic mass is 35.5. The molecule has 3 aromatic carbocycles. The Kier molecular flexibility index (Phi) is 6.48. The Hall–Kier alpha value is -3.62. The lowest BCUT2D eigenvalue weighted by Crippen LogP contribution is -2.23. The molecule has 0 saturated carbocycles. The van der Waals surface area contributed by atoms with E-state index >= 15 is 0 Å². The molecule has 0 bridgehead atoms. The second-order valence-electron chi connectivity index (χ2n) is 7.26. The number of thioether (sulfide) groups is 1. The first-order valence-corrected chi connectivity index (χ1v) is 11.3. The summed E-state index contributed by atoms with van der Waals surface area (Å²) in [6.45, 7) is 1.88. The smallest absolute Gasteiger partial charge is 0.266 e. The fourth-order valence-electron chi connectivity index (χ4n) is 3.20. The van der Waals surface area contributed by atoms with Gasteiger partial charge in [0, 0.05) is 16.3 Å². The number of nitrogens with one attached hydrogen (secondary N) is 1. The van der Waals surface area contributed by atoms with Crippen LogP contribution in [0.25, 0.3) is 16.6 Å². The molecule has 1 aromatic heterocycles. The van der Waals surface area contributed by atoms with Gasteiger partial charge >= 0.3 is 0 Å². The zero-order valence-electron chi connectivity index (χ0n) is 17.5. The highest BCUT2D eigenvalue weighted by molar-refractivity contribution is 7.99. The van der Waals surface area contributed by atoms with E-state index in [0.29, 0.717) is 38.0 Å². The molecule has 0 fully saturated rings. The molecule has 0 atom stereocenters. The molecule has 0 spiro atoms. The molecule has 0 radical (unpaired) electrons. The first kappa shape index (κ1) is 22.6. The number of nitrogens with zero attached hydrogens (tertiary/aromatic N) is 2. The fraction of sp³-hybridized carbons (Fsp3) is 0.0833. The Labute approximate surface area is 198 Å². The van der Waals surface area contributed by atoms with Crippen molar-refractivity contribution in [3.8, 4) is 5.69 Å². The third kappa shape index (κ3) is 4.92. The lowest BCUT2D eigenvalue weighted by atomic mass is 10.2. The Balaban J connectivity index is 1.63. The van der Waals surface area contributed by atoms with Crippen molar-refractivity contribution in [2.45, 2.75) is 12.1 Å². The van der Waals surface area contributed by atoms with Crippen LogP contribution in [-0.4, -0.2) is 27.1 Å². The fourth-order valence-corrected chi connectivity index (χ4v) is 4.19. The standard InChI is InChI=1S/C24H19ClN4O3S/c1-14-6-11-17(12-19(14)25)29-23(32)18-4-2-3-5-20(18)28-24(29)33-13-21(30)27-16-9-7-15(8-10-16)22(26)31/h2-12H,13H2,1H3,(H2,26,31)(H,27,30). The van der Waals surface area contributed by atoms with E-state index in [1.807, 2.05) is 13.0 Å². The van der Waals surface area contributed by atoms with Crippen LogP contribution in [0.5, 0.6) is 0 Å². The molecule has 4 rings (SSSR count). The van der Waals surface area contributed by atoms with Crippen LogP contribution >= 0.6 is 23.4 Å². The van der Waals surface area contributed by atoms with Crippen molar-refractivity contribution in [1.29, 1.82) is 0 Å². The van der Waals surface area contributed by atoms with E-state index in [-0.39, 0.29) is 17.2 Å². The second kappa shape index (κ2) is 9.48. The van der Waals surface area contributed by atoms with E-state index in [1.165, 1.54) is 16.7 Å². The maximum absolute atomic E-state index is 13.3. The van der Waals surface area contributed by atoms with E-state index < -0.39 is 5.91 Å². The van der Waals surface area contributed by atoms with Crippen LogP contribution in [0, 0.1) is 6.92 Å². The minimum atomic E-state index is -0.542. The van der Waals surface area contributed by atoms with Crippen molar-refractivity contribution in [3.63, 3.8) is 0 Å². The van der Waals surface area contributed by atoms with Gasteiger partial charge in [0.05, 0.1) is 22.3 Å². The van der Waals surface area contributed by atoms with Crippen LogP contribution in [-0.2, 0) is 4.79 Å². The topological polar surface area (TPSA) is 107 Å². The summed E-state index contributed by atoms with van der Waals surface area (Å²) in [6, 6.07) is 18.7. The number of nitrogens with two attached hydrogens (primary N) is 1. The number of primary amides is 1. The third-order valence-corrected chi connectivity index (χ3v) is 6.29. The predicted molar refractivity (Wildman–Crippen MR) is 131 cm³/mol. The first-order chi connectivity index (χ1) is 15.8. The average Bonchev–Trinajstić information content (AvgIpc) is 2.80. The normalized spacial score (nSPS) is 10.8. The summed E-state index contributed by atoms with van der Waals surface area (Å²) in [5.41, 5.74) is 7.87. The molecule has 9 heteroatoms. The Morgan fingerprint density at radius 3 is 2.52 bits per heavy atom. The zero-order chi connectivity index (χ0) is 23.5. The molecule has 3 N–H and O–H groups in total. The maximum atomic E-state index is 13.3. The van der Waals surface area contributed by atoms with Gasteiger partial charge in [0.25, 0.3) is 5.56 Å². The summed E-state index contributed by atoms with van der Waals surface area (Å²) in [4.78, 5) is 41.7. The average molecular weight is 479 g/mol. The SMILES string of the molecule is Cc1ccc(-n2c(SCC(=O)Nc3ccc(C(N)=O)cc3)nc3ccccc3c2=O)cc1Cl. The van der Waals surface area contributed by atoms with E-state index in [2.05, 4.69) is 10.3 Å². The van der Waals surface area contributed by atoms with Gasteiger partial charge in [-0.2, -0.15) is 0 Å². The summed E-state index contributed by atoms with van der Waals surface area (Å²) in [5, 5.41) is 4.13. The number of carbonyl (C=O) groups is 2. The molecule has 0 unspecified atom stereocenters. The number of aromatic nitrogens is 2. The minimum Gasteiger partial charge on any atom is -0.366 e. The van der Waals surface area contributed by atoms with Gasteiger partial charge in [-0.3, -0.25) is 19.0 Å². The highest BCUT2D eigenvalue weighted by Gasteiger charge is 2.15. The van der Waals surface area contributed by atoms with Crippen LogP contribution in [0.3, 0.4) is 0 Å². The van der Waals surface area contributed by atoms with Gasteiger partial charge in [0.1, 0.15) is 0 Å². The largest absolute Gasteiger partial charge is 0.366 e. The van der Waals surface area contributed by atoms with Gasteiger partial charge in [-0.1, -0.05) is 41.6 Å². The summed E-state index contributed by atoms with van der Waals surface area (Å²) >= 11 is 7.44. The molecule has 0 aliphatic heterocycles. The molecule has 0 aliphatic rings. The van der Waals surface area contributed by atoms with Crippen molar-refractivity contribution in [2.75, 3.05) is 11.1 Å². The van der Waals surface area contributed by atoms with E-state index in [4.69, 9.17) is 17.3 Å². The zero-order valence-corrected chi connectivity index (χ0v) is 19.1. The van der Waals surface area contributed by atoms with Crippen molar-refractivity contribution >= 4 is 51.8 Å². The molecule has 166 valence electrons. The van der Waals surface area contributed by atoms with Crippen molar-refractivity contribution in [2.24, 2.45) is 5.73 Å². The van der Waals surface area contributed by atoms with E-state index in [1.54, 1.807) is 48.5 Å². The van der Waals surface area contributed by atoms with Crippen LogP contribution in [0.4, 0.5) is 5.69 Å². The molecule has 7 nitrogen and oxygen atoms in total. The molecular weight excluding hydrogens is 460 g/mol. The highest BCUT2D eigenvalue weighted by Crippen LogP contribution is 2.25. The molecule has 33 heavy (non-hydrogen) atoms. The number of anilines is 1. The molecule has 0 aliphatic carbocycles. The summed E-state index contributed by atoms with van der Waals surface area (Å²) < 4.78 is 1.47. The van der Waals surface area contributed by atoms with Crippen molar-refractivity contribution in [1.82, 2.24) is 9.55 Å². The third-order valence-electron chi connectivity index (χ3n) is 4.94. The molecule has 2 amide bonds. The summed E-state index contributed by atoms with van der Waals surface area (Å²) in [7, 11) is 0. The number of carbonyl (C=O) groups excluding carboxylic acids is 2. The van der Waals surface area contributed by atoms with Crippen LogP contribution in [0.1, 0.15) is 15.9 Å². The quantitative estimate of drug-likeness (QED) is 0.319. The predicted octanol–water partition coefficient (Wildman–Crippen LogP) is 4.18. The van der Waals surface area contributed by atoms with Gasteiger partial charge in [0.2, 0.25) is 11.8 Å². The number of amides is 2. The maximum Gasteiger partial charge on any atom is 0.266 e. The number of rotatable bonds is 6. The van der Waals surface area contributed by atoms with Crippen molar-refractivity contribution < 1.29 is 9.59 Å². The Morgan fingerprint density at radius 2 is 1.82 bits per heavy atom. The number of hydrogen-bond acceptors (Lipinski definition) is 5. The number of benzene rings is 3. The van der Waals surface area contributed by atoms with Gasteiger partial charge in [-0.25, -0.2) is 4.98 Å². The second-order valence-corrected chi connectivity index (χ2v) is 8.61. The first-order valence-electron chi connectivity index (χ1n) is 9.94. The summed E-state index contributed by atoms with van der Waals surface area (Å²) in [6.07, 6.45) is 0. The number of halogens is 1. The molecule has 0 saturated heterocycles. The van der Waals surface area contributed by atoms with Crippen molar-refractivity contribution in [3.05, 3.63) is 93.2 Å². The Morgan fingerprint density at radius 1 is 1.09 bits per heavy atom. The molecule has 4 aromatic rings. The molecule has 1 heterocycles. The lowest BCUT2D eigenvalue weighted by Gasteiger charge is -2.14. The number of para-hydroxylation sites is 1. The van der Waals surface area contributed by atoms with Crippen LogP contribution in [0.2, 0.25) is 5.02 Å². The van der Waals surface area contributed by atoms with Gasteiger partial charge in [-0.05, 0) is 61.0 Å². The van der Waals surface area contributed by atoms with Crippen LogP contribution < -0.4 is 16.6 Å². The van der Waals surface area contributed by atoms with Crippen LogP contribution in [0.15, 0.2) is 76.7 Å². The van der Waals surface area contributed by atoms with Gasteiger partial charge in [0.15, 0.2) is 5.16 Å². The Bertz CT molecular complexity index is 1430. The van der Waals surface area contributed by atoms with E-state index in [0.717, 1.165) is 17.3 Å². The number of hydrogen-bond donors (Lipinski definition) is 2. The number of aryl methyl sites for hydroxylation is 1. The van der Waals surface area contributed by atoms with Gasteiger partial charge in [-0.15, -0.1) is 0 Å².